The Morgan fingerprint density at radius 2 is 2.04 bits per heavy atom. The van der Waals surface area contributed by atoms with Gasteiger partial charge in [-0.15, -0.1) is 13.2 Å². The van der Waals surface area contributed by atoms with Crippen LogP contribution in [0.25, 0.3) is 0 Å². The number of halogens is 3. The Balaban J connectivity index is 2.74. The second-order valence-corrected chi connectivity index (χ2v) is 6.42. The number of rotatable bonds is 9. The molecular weight excluding hydrogens is 345 g/mol. The summed E-state index contributed by atoms with van der Waals surface area (Å²) < 4.78 is 39.8. The Hall–Kier alpha value is -1.68. The number of ether oxygens (including phenoxy) is 1. The number of amides is 2. The Morgan fingerprint density at radius 1 is 1.40 bits per heavy atom. The van der Waals surface area contributed by atoms with Gasteiger partial charge in [0, 0.05) is 12.5 Å². The van der Waals surface area contributed by atoms with Crippen LogP contribution in [0.15, 0.2) is 0 Å². The van der Waals surface area contributed by atoms with Crippen LogP contribution in [0.4, 0.5) is 13.2 Å². The highest BCUT2D eigenvalue weighted by Gasteiger charge is 2.35. The standard InChI is InChI=1S/C15H23F3N2O5/c1-8(2)5-11(21)14(24)20-10(6-9-3-4-19-13(9)23)12(22)7-25-15(16,17)18/h8-11,21H,3-7H2,1-2H3,(H,19,23)(H,20,24)/t9-,10-,11-/m0/s1. The van der Waals surface area contributed by atoms with Crippen LogP contribution in [0.2, 0.25) is 0 Å². The number of carbonyl (C=O) groups excluding carboxylic acids is 3. The topological polar surface area (TPSA) is 105 Å². The van der Waals surface area contributed by atoms with Crippen LogP contribution < -0.4 is 10.6 Å². The predicted octanol–water partition coefficient (Wildman–Crippen LogP) is 0.510. The molecule has 144 valence electrons. The maximum atomic E-state index is 12.1. The number of nitrogens with one attached hydrogen (secondary N) is 2. The van der Waals surface area contributed by atoms with Crippen LogP contribution in [0.1, 0.15) is 33.1 Å². The summed E-state index contributed by atoms with van der Waals surface area (Å²) in [4.78, 5) is 35.6. The molecule has 0 aromatic carbocycles. The lowest BCUT2D eigenvalue weighted by Gasteiger charge is -2.22. The molecule has 0 aromatic heterocycles. The molecule has 10 heteroatoms. The third-order valence-corrected chi connectivity index (χ3v) is 3.76. The van der Waals surface area contributed by atoms with Gasteiger partial charge in [-0.2, -0.15) is 0 Å². The molecule has 0 spiro atoms. The summed E-state index contributed by atoms with van der Waals surface area (Å²) in [7, 11) is 0. The van der Waals surface area contributed by atoms with Crippen molar-refractivity contribution in [2.24, 2.45) is 11.8 Å². The molecule has 25 heavy (non-hydrogen) atoms. The molecule has 3 N–H and O–H groups in total. The van der Waals surface area contributed by atoms with Gasteiger partial charge in [0.05, 0.1) is 6.04 Å². The smallest absolute Gasteiger partial charge is 0.383 e. The van der Waals surface area contributed by atoms with E-state index < -0.39 is 42.7 Å². The first-order chi connectivity index (χ1) is 11.5. The molecule has 0 aliphatic carbocycles. The van der Waals surface area contributed by atoms with Gasteiger partial charge in [-0.25, -0.2) is 0 Å². The second kappa shape index (κ2) is 9.14. The average molecular weight is 368 g/mol. The molecule has 1 aliphatic rings. The monoisotopic (exact) mass is 368 g/mol. The highest BCUT2D eigenvalue weighted by Crippen LogP contribution is 2.19. The molecule has 1 heterocycles. The van der Waals surface area contributed by atoms with E-state index in [1.54, 1.807) is 13.8 Å². The van der Waals surface area contributed by atoms with Crippen LogP contribution in [-0.4, -0.2) is 54.4 Å². The quantitative estimate of drug-likeness (QED) is 0.550. The van der Waals surface area contributed by atoms with Crippen molar-refractivity contribution < 1.29 is 37.4 Å². The van der Waals surface area contributed by atoms with Crippen LogP contribution >= 0.6 is 0 Å². The lowest BCUT2D eigenvalue weighted by atomic mass is 9.95. The molecule has 0 unspecified atom stereocenters. The van der Waals surface area contributed by atoms with Gasteiger partial charge in [-0.3, -0.25) is 19.1 Å². The SMILES string of the molecule is CC(C)C[C@H](O)C(=O)N[C@@H](C[C@@H]1CCNC1=O)C(=O)COC(F)(F)F. The lowest BCUT2D eigenvalue weighted by Crippen LogP contribution is -2.48. The van der Waals surface area contributed by atoms with Crippen molar-refractivity contribution in [1.82, 2.24) is 10.6 Å². The van der Waals surface area contributed by atoms with E-state index in [-0.39, 0.29) is 24.7 Å². The van der Waals surface area contributed by atoms with E-state index in [1.807, 2.05) is 0 Å². The summed E-state index contributed by atoms with van der Waals surface area (Å²) in [5.41, 5.74) is 0. The second-order valence-electron chi connectivity index (χ2n) is 6.42. The predicted molar refractivity (Wildman–Crippen MR) is 80.1 cm³/mol. The van der Waals surface area contributed by atoms with Gasteiger partial charge in [-0.1, -0.05) is 13.8 Å². The number of hydrogen-bond donors (Lipinski definition) is 3. The third kappa shape index (κ3) is 7.82. The first-order valence-electron chi connectivity index (χ1n) is 7.99. The van der Waals surface area contributed by atoms with Crippen LogP contribution in [0.3, 0.4) is 0 Å². The summed E-state index contributed by atoms with van der Waals surface area (Å²) in [6, 6.07) is -1.34. The minimum absolute atomic E-state index is 0.00377. The van der Waals surface area contributed by atoms with E-state index in [4.69, 9.17) is 0 Å². The Labute approximate surface area is 143 Å². The number of aliphatic hydroxyl groups excluding tert-OH is 1. The number of carbonyl (C=O) groups is 3. The van der Waals surface area contributed by atoms with E-state index in [2.05, 4.69) is 15.4 Å². The summed E-state index contributed by atoms with van der Waals surface area (Å²) in [5.74, 6) is -2.79. The molecular formula is C15H23F3N2O5. The molecule has 0 saturated carbocycles. The van der Waals surface area contributed by atoms with Gasteiger partial charge in [0.15, 0.2) is 5.78 Å². The number of alkyl halides is 3. The normalized spacial score (nSPS) is 20.3. The fourth-order valence-electron chi connectivity index (χ4n) is 2.50. The van der Waals surface area contributed by atoms with Crippen molar-refractivity contribution in [3.63, 3.8) is 0 Å². The maximum Gasteiger partial charge on any atom is 0.522 e. The van der Waals surface area contributed by atoms with E-state index in [1.165, 1.54) is 0 Å². The van der Waals surface area contributed by atoms with Gasteiger partial charge in [0.25, 0.3) is 0 Å². The van der Waals surface area contributed by atoms with E-state index in [0.29, 0.717) is 13.0 Å². The van der Waals surface area contributed by atoms with Crippen molar-refractivity contribution in [2.75, 3.05) is 13.2 Å². The number of aliphatic hydroxyl groups is 1. The van der Waals surface area contributed by atoms with Gasteiger partial charge in [0.1, 0.15) is 12.7 Å². The van der Waals surface area contributed by atoms with Crippen molar-refractivity contribution >= 4 is 17.6 Å². The Kier molecular flexibility index (Phi) is 7.81. The van der Waals surface area contributed by atoms with E-state index >= 15 is 0 Å². The molecule has 7 nitrogen and oxygen atoms in total. The minimum Gasteiger partial charge on any atom is -0.383 e. The first-order valence-corrected chi connectivity index (χ1v) is 7.99. The van der Waals surface area contributed by atoms with Crippen LogP contribution in [0, 0.1) is 11.8 Å². The zero-order chi connectivity index (χ0) is 19.2. The zero-order valence-corrected chi connectivity index (χ0v) is 14.1. The minimum atomic E-state index is -4.98. The molecule has 0 radical (unpaired) electrons. The van der Waals surface area contributed by atoms with Crippen LogP contribution in [0.5, 0.6) is 0 Å². The van der Waals surface area contributed by atoms with Crippen molar-refractivity contribution in [1.29, 1.82) is 0 Å². The molecule has 1 aliphatic heterocycles. The van der Waals surface area contributed by atoms with Gasteiger partial charge in [0.2, 0.25) is 11.8 Å². The summed E-state index contributed by atoms with van der Waals surface area (Å²) in [6.45, 7) is 2.68. The molecule has 1 saturated heterocycles. The number of Topliss-reactive ketones (excluding diaryl/α,β-unsaturated/α-hetero) is 1. The van der Waals surface area contributed by atoms with E-state index in [9.17, 15) is 32.7 Å². The number of hydrogen-bond acceptors (Lipinski definition) is 5. The summed E-state index contributed by atoms with van der Waals surface area (Å²) >= 11 is 0. The molecule has 1 fully saturated rings. The summed E-state index contributed by atoms with van der Waals surface area (Å²) in [6.07, 6.45) is -5.97. The fraction of sp³-hybridized carbons (Fsp3) is 0.800. The Morgan fingerprint density at radius 3 is 2.52 bits per heavy atom. The van der Waals surface area contributed by atoms with Gasteiger partial charge < -0.3 is 15.7 Å². The third-order valence-electron chi connectivity index (χ3n) is 3.76. The summed E-state index contributed by atoms with van der Waals surface area (Å²) in [5, 5.41) is 14.6. The van der Waals surface area contributed by atoms with E-state index in [0.717, 1.165) is 0 Å². The largest absolute Gasteiger partial charge is 0.522 e. The zero-order valence-electron chi connectivity index (χ0n) is 14.1. The van der Waals surface area contributed by atoms with Crippen molar-refractivity contribution in [3.05, 3.63) is 0 Å². The molecule has 2 amide bonds. The first kappa shape index (κ1) is 21.4. The Bertz CT molecular complexity index is 496. The lowest BCUT2D eigenvalue weighted by molar-refractivity contribution is -0.321. The van der Waals surface area contributed by atoms with Gasteiger partial charge >= 0.3 is 6.36 Å². The molecule has 1 rings (SSSR count). The molecule has 0 bridgehead atoms. The van der Waals surface area contributed by atoms with Gasteiger partial charge in [-0.05, 0) is 25.2 Å². The molecule has 0 aromatic rings. The maximum absolute atomic E-state index is 12.1. The van der Waals surface area contributed by atoms with Crippen molar-refractivity contribution in [2.45, 2.75) is 51.6 Å². The molecule has 3 atom stereocenters. The van der Waals surface area contributed by atoms with Crippen molar-refractivity contribution in [3.8, 4) is 0 Å². The highest BCUT2D eigenvalue weighted by molar-refractivity contribution is 5.92. The van der Waals surface area contributed by atoms with Crippen LogP contribution in [-0.2, 0) is 19.1 Å². The highest BCUT2D eigenvalue weighted by atomic mass is 19.4. The number of ketones is 1. The fourth-order valence-corrected chi connectivity index (χ4v) is 2.50. The average Bonchev–Trinajstić information content (AvgIpc) is 2.87.